The van der Waals surface area contributed by atoms with E-state index in [2.05, 4.69) is 13.8 Å². The van der Waals surface area contributed by atoms with Crippen LogP contribution in [0.4, 0.5) is 4.79 Å². The Morgan fingerprint density at radius 2 is 1.89 bits per heavy atom. The number of aliphatic carboxylic acids is 1. The second kappa shape index (κ2) is 8.78. The third-order valence-corrected chi connectivity index (χ3v) is 3.09. The zero-order valence-corrected chi connectivity index (χ0v) is 12.0. The van der Waals surface area contributed by atoms with E-state index in [1.807, 2.05) is 11.8 Å². The summed E-state index contributed by atoms with van der Waals surface area (Å²) < 4.78 is 0. The van der Waals surface area contributed by atoms with Crippen molar-refractivity contribution in [3.63, 3.8) is 0 Å². The van der Waals surface area contributed by atoms with E-state index in [1.165, 1.54) is 0 Å². The predicted octanol–water partition coefficient (Wildman–Crippen LogP) is 2.27. The Morgan fingerprint density at radius 3 is 2.33 bits per heavy atom. The molecule has 0 heterocycles. The van der Waals surface area contributed by atoms with Crippen molar-refractivity contribution >= 4 is 12.0 Å². The van der Waals surface area contributed by atoms with Gasteiger partial charge < -0.3 is 14.9 Å². The van der Waals surface area contributed by atoms with Crippen LogP contribution >= 0.6 is 0 Å². The van der Waals surface area contributed by atoms with Crippen LogP contribution in [0.5, 0.6) is 0 Å². The third-order valence-electron chi connectivity index (χ3n) is 3.09. The number of hydrogen-bond acceptors (Lipinski definition) is 2. The number of carbonyl (C=O) groups is 2. The van der Waals surface area contributed by atoms with Crippen LogP contribution in [0.3, 0.4) is 0 Å². The first-order valence-electron chi connectivity index (χ1n) is 6.64. The van der Waals surface area contributed by atoms with Gasteiger partial charge in [-0.15, -0.1) is 0 Å². The second-order valence-corrected chi connectivity index (χ2v) is 4.75. The van der Waals surface area contributed by atoms with Crippen LogP contribution < -0.4 is 0 Å². The summed E-state index contributed by atoms with van der Waals surface area (Å²) in [7, 11) is 1.73. The fourth-order valence-electron chi connectivity index (χ4n) is 1.65. The van der Waals surface area contributed by atoms with Crippen molar-refractivity contribution in [1.82, 2.24) is 9.80 Å². The molecule has 1 atom stereocenters. The highest BCUT2D eigenvalue weighted by Gasteiger charge is 2.17. The van der Waals surface area contributed by atoms with E-state index in [0.29, 0.717) is 25.4 Å². The van der Waals surface area contributed by atoms with Crippen molar-refractivity contribution in [2.24, 2.45) is 5.92 Å². The van der Waals surface area contributed by atoms with E-state index in [1.54, 1.807) is 11.9 Å². The first kappa shape index (κ1) is 16.7. The number of hydrogen-bond donors (Lipinski definition) is 1. The zero-order chi connectivity index (χ0) is 14.1. The highest BCUT2D eigenvalue weighted by molar-refractivity contribution is 5.74. The van der Waals surface area contributed by atoms with E-state index in [4.69, 9.17) is 5.11 Å². The lowest BCUT2D eigenvalue weighted by molar-refractivity contribution is -0.137. The lowest BCUT2D eigenvalue weighted by atomic mass is 10.1. The average Bonchev–Trinajstić information content (AvgIpc) is 2.34. The largest absolute Gasteiger partial charge is 0.481 e. The van der Waals surface area contributed by atoms with Crippen molar-refractivity contribution in [3.05, 3.63) is 0 Å². The minimum Gasteiger partial charge on any atom is -0.481 e. The molecule has 0 aliphatic carbocycles. The predicted molar refractivity (Wildman–Crippen MR) is 71.6 cm³/mol. The van der Waals surface area contributed by atoms with E-state index in [-0.39, 0.29) is 12.5 Å². The molecule has 0 saturated carbocycles. The van der Waals surface area contributed by atoms with E-state index in [0.717, 1.165) is 13.0 Å². The lowest BCUT2D eigenvalue weighted by Gasteiger charge is -2.29. The number of nitrogens with zero attached hydrogens (tertiary/aromatic N) is 2. The number of amides is 2. The number of carbonyl (C=O) groups excluding carboxylic acids is 1. The van der Waals surface area contributed by atoms with Crippen LogP contribution in [-0.2, 0) is 4.79 Å². The van der Waals surface area contributed by atoms with Gasteiger partial charge >= 0.3 is 12.0 Å². The lowest BCUT2D eigenvalue weighted by Crippen LogP contribution is -2.43. The quantitative estimate of drug-likeness (QED) is 0.726. The zero-order valence-electron chi connectivity index (χ0n) is 12.0. The monoisotopic (exact) mass is 258 g/mol. The standard InChI is InChI=1S/C13H26N2O3/c1-5-11(3)10-15(6-2)13(18)14(4)9-7-8-12(16)17/h11H,5-10H2,1-4H3,(H,16,17). The highest BCUT2D eigenvalue weighted by Crippen LogP contribution is 2.07. The fourth-order valence-corrected chi connectivity index (χ4v) is 1.65. The maximum absolute atomic E-state index is 12.1. The summed E-state index contributed by atoms with van der Waals surface area (Å²) in [5.41, 5.74) is 0. The van der Waals surface area contributed by atoms with Gasteiger partial charge in [0.2, 0.25) is 0 Å². The first-order valence-corrected chi connectivity index (χ1v) is 6.64. The van der Waals surface area contributed by atoms with Gasteiger partial charge in [-0.05, 0) is 19.3 Å². The number of carboxylic acids is 1. The van der Waals surface area contributed by atoms with Crippen LogP contribution in [0.15, 0.2) is 0 Å². The Kier molecular flexibility index (Phi) is 8.16. The van der Waals surface area contributed by atoms with Gasteiger partial charge in [0.1, 0.15) is 0 Å². The summed E-state index contributed by atoms with van der Waals surface area (Å²) in [5, 5.41) is 8.56. The molecule has 0 aliphatic heterocycles. The molecule has 1 unspecified atom stereocenters. The molecule has 0 aliphatic rings. The Hall–Kier alpha value is -1.26. The average molecular weight is 258 g/mol. The minimum atomic E-state index is -0.817. The molecule has 0 rings (SSSR count). The SMILES string of the molecule is CCC(C)CN(CC)C(=O)N(C)CCCC(=O)O. The maximum Gasteiger partial charge on any atom is 0.319 e. The summed E-state index contributed by atoms with van der Waals surface area (Å²) in [4.78, 5) is 25.9. The molecule has 0 radical (unpaired) electrons. The van der Waals surface area contributed by atoms with Crippen molar-refractivity contribution < 1.29 is 14.7 Å². The van der Waals surface area contributed by atoms with Crippen molar-refractivity contribution in [2.45, 2.75) is 40.0 Å². The highest BCUT2D eigenvalue weighted by atomic mass is 16.4. The molecule has 2 amide bonds. The molecule has 0 fully saturated rings. The third kappa shape index (κ3) is 6.47. The summed E-state index contributed by atoms with van der Waals surface area (Å²) in [6.07, 6.45) is 1.65. The molecule has 106 valence electrons. The summed E-state index contributed by atoms with van der Waals surface area (Å²) in [6, 6.07) is -0.0109. The molecule has 0 spiro atoms. The molecule has 1 N–H and O–H groups in total. The van der Waals surface area contributed by atoms with Gasteiger partial charge in [-0.1, -0.05) is 20.3 Å². The fraction of sp³-hybridized carbons (Fsp3) is 0.846. The first-order chi connectivity index (χ1) is 8.42. The van der Waals surface area contributed by atoms with Crippen LogP contribution in [-0.4, -0.2) is 53.6 Å². The summed E-state index contributed by atoms with van der Waals surface area (Å²) in [5.74, 6) is -0.330. The van der Waals surface area contributed by atoms with Gasteiger partial charge in [0.25, 0.3) is 0 Å². The molecular weight excluding hydrogens is 232 g/mol. The molecule has 0 bridgehead atoms. The number of carboxylic acid groups (broad SMARTS) is 1. The van der Waals surface area contributed by atoms with Gasteiger partial charge in [0.05, 0.1) is 0 Å². The Balaban J connectivity index is 4.18. The van der Waals surface area contributed by atoms with Crippen LogP contribution in [0, 0.1) is 5.92 Å². The molecule has 18 heavy (non-hydrogen) atoms. The number of urea groups is 1. The van der Waals surface area contributed by atoms with Gasteiger partial charge in [-0.2, -0.15) is 0 Å². The maximum atomic E-state index is 12.1. The molecule has 0 aromatic carbocycles. The normalized spacial score (nSPS) is 12.0. The Morgan fingerprint density at radius 1 is 1.28 bits per heavy atom. The summed E-state index contributed by atoms with van der Waals surface area (Å²) >= 11 is 0. The van der Waals surface area contributed by atoms with Crippen LogP contribution in [0.25, 0.3) is 0 Å². The summed E-state index contributed by atoms with van der Waals surface area (Å²) in [6.45, 7) is 8.13. The van der Waals surface area contributed by atoms with E-state index < -0.39 is 5.97 Å². The van der Waals surface area contributed by atoms with E-state index >= 15 is 0 Å². The van der Waals surface area contributed by atoms with Crippen molar-refractivity contribution in [1.29, 1.82) is 0 Å². The molecule has 5 nitrogen and oxygen atoms in total. The molecular formula is C13H26N2O3. The van der Waals surface area contributed by atoms with E-state index in [9.17, 15) is 9.59 Å². The second-order valence-electron chi connectivity index (χ2n) is 4.75. The smallest absolute Gasteiger partial charge is 0.319 e. The van der Waals surface area contributed by atoms with Crippen LogP contribution in [0.2, 0.25) is 0 Å². The van der Waals surface area contributed by atoms with Crippen LogP contribution in [0.1, 0.15) is 40.0 Å². The van der Waals surface area contributed by atoms with Crippen molar-refractivity contribution in [2.75, 3.05) is 26.7 Å². The molecule has 0 saturated heterocycles. The van der Waals surface area contributed by atoms with Gasteiger partial charge in [0, 0.05) is 33.1 Å². The Bertz CT molecular complexity index is 269. The number of rotatable bonds is 8. The minimum absolute atomic E-state index is 0.0109. The van der Waals surface area contributed by atoms with Crippen molar-refractivity contribution in [3.8, 4) is 0 Å². The molecule has 0 aromatic rings. The van der Waals surface area contributed by atoms with Gasteiger partial charge in [-0.3, -0.25) is 4.79 Å². The Labute approximate surface area is 110 Å². The van der Waals surface area contributed by atoms with Gasteiger partial charge in [-0.25, -0.2) is 4.79 Å². The van der Waals surface area contributed by atoms with Gasteiger partial charge in [0.15, 0.2) is 0 Å². The topological polar surface area (TPSA) is 60.9 Å². The molecule has 5 heteroatoms. The molecule has 0 aromatic heterocycles.